The summed E-state index contributed by atoms with van der Waals surface area (Å²) in [4.78, 5) is 0. The van der Waals surface area contributed by atoms with Crippen molar-refractivity contribution in [3.8, 4) is 0 Å². The third-order valence-electron chi connectivity index (χ3n) is 9.68. The zero-order valence-corrected chi connectivity index (χ0v) is 19.9. The van der Waals surface area contributed by atoms with Crippen molar-refractivity contribution >= 4 is 8.32 Å². The molecular formula is C24H42O3Si. The lowest BCUT2D eigenvalue weighted by Gasteiger charge is -2.55. The fourth-order valence-corrected chi connectivity index (χ4v) is 8.42. The minimum Gasteiger partial charge on any atom is -0.413 e. The van der Waals surface area contributed by atoms with Crippen molar-refractivity contribution in [1.82, 2.24) is 0 Å². The molecule has 0 bridgehead atoms. The molecule has 4 rings (SSSR count). The van der Waals surface area contributed by atoms with Gasteiger partial charge in [-0.3, -0.25) is 0 Å². The van der Waals surface area contributed by atoms with Gasteiger partial charge in [0.1, 0.15) is 0 Å². The van der Waals surface area contributed by atoms with Gasteiger partial charge in [0.25, 0.3) is 0 Å². The quantitative estimate of drug-likeness (QED) is 0.484. The van der Waals surface area contributed by atoms with Crippen LogP contribution >= 0.6 is 0 Å². The molecule has 4 aliphatic carbocycles. The molecule has 0 aromatic heterocycles. The lowest BCUT2D eigenvalue weighted by atomic mass is 9.52. The van der Waals surface area contributed by atoms with E-state index in [1.807, 2.05) is 6.08 Å². The fraction of sp³-hybridized carbons (Fsp3) is 0.917. The molecule has 0 spiro atoms. The van der Waals surface area contributed by atoms with Crippen LogP contribution < -0.4 is 0 Å². The molecule has 28 heavy (non-hydrogen) atoms. The van der Waals surface area contributed by atoms with Crippen LogP contribution in [0.3, 0.4) is 0 Å². The van der Waals surface area contributed by atoms with Gasteiger partial charge in [-0.25, -0.2) is 0 Å². The van der Waals surface area contributed by atoms with Gasteiger partial charge in [-0.1, -0.05) is 39.3 Å². The van der Waals surface area contributed by atoms with E-state index in [2.05, 4.69) is 40.8 Å². The van der Waals surface area contributed by atoms with E-state index in [9.17, 15) is 10.2 Å². The molecule has 3 nitrogen and oxygen atoms in total. The molecule has 8 atom stereocenters. The number of allylic oxidation sites excluding steroid dienone is 1. The summed E-state index contributed by atoms with van der Waals surface area (Å²) in [7, 11) is -1.75. The zero-order valence-electron chi connectivity index (χ0n) is 18.9. The molecule has 0 heterocycles. The second-order valence-electron chi connectivity index (χ2n) is 12.1. The van der Waals surface area contributed by atoms with Crippen molar-refractivity contribution in [2.75, 3.05) is 0 Å². The third-order valence-corrected chi connectivity index (χ3v) is 14.2. The van der Waals surface area contributed by atoms with Crippen LogP contribution in [0.5, 0.6) is 0 Å². The maximum absolute atomic E-state index is 10.3. The Morgan fingerprint density at radius 3 is 2.46 bits per heavy atom. The monoisotopic (exact) mass is 406 g/mol. The Balaban J connectivity index is 1.54. The third kappa shape index (κ3) is 3.27. The van der Waals surface area contributed by atoms with Crippen LogP contribution in [0.15, 0.2) is 11.6 Å². The molecule has 3 fully saturated rings. The first-order valence-electron chi connectivity index (χ1n) is 11.7. The highest BCUT2D eigenvalue weighted by atomic mass is 28.4. The summed E-state index contributed by atoms with van der Waals surface area (Å²) in [5.74, 6) is 2.75. The van der Waals surface area contributed by atoms with Crippen LogP contribution in [-0.4, -0.2) is 36.8 Å². The lowest BCUT2D eigenvalue weighted by molar-refractivity contribution is -0.0617. The average molecular weight is 407 g/mol. The number of fused-ring (bicyclic) bond motifs is 5. The second-order valence-corrected chi connectivity index (χ2v) is 16.9. The molecule has 0 saturated heterocycles. The van der Waals surface area contributed by atoms with Crippen molar-refractivity contribution in [1.29, 1.82) is 0 Å². The number of aliphatic hydroxyl groups excluding tert-OH is 2. The Morgan fingerprint density at radius 1 is 1.07 bits per heavy atom. The summed E-state index contributed by atoms with van der Waals surface area (Å²) < 4.78 is 7.01. The molecule has 160 valence electrons. The molecule has 5 unspecified atom stereocenters. The predicted octanol–water partition coefficient (Wildman–Crippen LogP) is 5.28. The Hall–Kier alpha value is -0.163. The Bertz CT molecular complexity index is 636. The highest BCUT2D eigenvalue weighted by Gasteiger charge is 2.58. The van der Waals surface area contributed by atoms with Crippen molar-refractivity contribution in [3.05, 3.63) is 11.6 Å². The van der Waals surface area contributed by atoms with Gasteiger partial charge in [-0.15, -0.1) is 0 Å². The minimum absolute atomic E-state index is 0.266. The van der Waals surface area contributed by atoms with E-state index >= 15 is 0 Å². The number of hydrogen-bond donors (Lipinski definition) is 2. The molecule has 0 amide bonds. The molecule has 4 heteroatoms. The number of aliphatic hydroxyl groups is 2. The number of hydrogen-bond acceptors (Lipinski definition) is 3. The van der Waals surface area contributed by atoms with Crippen molar-refractivity contribution in [2.24, 2.45) is 29.1 Å². The van der Waals surface area contributed by atoms with Crippen LogP contribution in [0, 0.1) is 29.1 Å². The molecular weight excluding hydrogens is 364 g/mol. The van der Waals surface area contributed by atoms with Crippen LogP contribution in [0.1, 0.15) is 72.6 Å². The molecule has 4 aliphatic rings. The average Bonchev–Trinajstić information content (AvgIpc) is 2.91. The Labute approximate surface area is 173 Å². The van der Waals surface area contributed by atoms with E-state index in [1.54, 1.807) is 0 Å². The van der Waals surface area contributed by atoms with Crippen LogP contribution in [0.4, 0.5) is 0 Å². The Kier molecular flexibility index (Phi) is 5.22. The molecule has 0 aromatic rings. The van der Waals surface area contributed by atoms with Gasteiger partial charge in [0.15, 0.2) is 8.32 Å². The highest BCUT2D eigenvalue weighted by molar-refractivity contribution is 6.74. The topological polar surface area (TPSA) is 49.7 Å². The summed E-state index contributed by atoms with van der Waals surface area (Å²) in [6.07, 6.45) is 9.42. The second kappa shape index (κ2) is 6.93. The summed E-state index contributed by atoms with van der Waals surface area (Å²) in [6.45, 7) is 14.4. The molecule has 2 N–H and O–H groups in total. The van der Waals surface area contributed by atoms with E-state index in [1.165, 1.54) is 37.7 Å². The van der Waals surface area contributed by atoms with Gasteiger partial charge in [0.2, 0.25) is 0 Å². The SMILES string of the molecule is CC(C)(C)[Si](C)(C)O[C@H]1CCC2C3CCC4=CC(O)C(O)C[C@@H]4C3CC[C@@]21C. The van der Waals surface area contributed by atoms with Crippen LogP contribution in [0.25, 0.3) is 0 Å². The smallest absolute Gasteiger partial charge is 0.192 e. The lowest BCUT2D eigenvalue weighted by Crippen LogP contribution is -2.52. The summed E-state index contributed by atoms with van der Waals surface area (Å²) in [5, 5.41) is 20.6. The summed E-state index contributed by atoms with van der Waals surface area (Å²) in [6, 6.07) is 0. The van der Waals surface area contributed by atoms with E-state index in [4.69, 9.17) is 4.43 Å². The molecule has 0 aromatic carbocycles. The van der Waals surface area contributed by atoms with E-state index < -0.39 is 20.5 Å². The predicted molar refractivity (Wildman–Crippen MR) is 117 cm³/mol. The first-order chi connectivity index (χ1) is 12.9. The van der Waals surface area contributed by atoms with Crippen LogP contribution in [-0.2, 0) is 4.43 Å². The maximum atomic E-state index is 10.3. The van der Waals surface area contributed by atoms with E-state index in [-0.39, 0.29) is 5.04 Å². The number of rotatable bonds is 2. The molecule has 0 radical (unpaired) electrons. The van der Waals surface area contributed by atoms with Gasteiger partial charge in [-0.2, -0.15) is 0 Å². The van der Waals surface area contributed by atoms with Gasteiger partial charge in [-0.05, 0) is 92.2 Å². The maximum Gasteiger partial charge on any atom is 0.192 e. The summed E-state index contributed by atoms with van der Waals surface area (Å²) >= 11 is 0. The molecule has 0 aliphatic heterocycles. The first-order valence-corrected chi connectivity index (χ1v) is 14.6. The van der Waals surface area contributed by atoms with Gasteiger partial charge >= 0.3 is 0 Å². The summed E-state index contributed by atoms with van der Waals surface area (Å²) in [5.41, 5.74) is 1.76. The van der Waals surface area contributed by atoms with Gasteiger partial charge in [0, 0.05) is 0 Å². The minimum atomic E-state index is -1.75. The van der Waals surface area contributed by atoms with E-state index in [0.29, 0.717) is 23.4 Å². The van der Waals surface area contributed by atoms with Crippen molar-refractivity contribution in [2.45, 2.75) is 109 Å². The van der Waals surface area contributed by atoms with Crippen molar-refractivity contribution in [3.63, 3.8) is 0 Å². The van der Waals surface area contributed by atoms with Crippen molar-refractivity contribution < 1.29 is 14.6 Å². The standard InChI is InChI=1S/C24H42O3Si/c1-23(2,3)28(5,6)27-22-10-9-19-17-8-7-15-13-20(25)21(26)14-18(15)16(17)11-12-24(19,22)4/h13,16-22,25-26H,7-12,14H2,1-6H3/t16?,17?,18-,19?,20?,21?,22-,24-/m0/s1. The fourth-order valence-electron chi connectivity index (χ4n) is 6.97. The first kappa shape index (κ1) is 21.1. The van der Waals surface area contributed by atoms with Gasteiger partial charge < -0.3 is 14.6 Å². The zero-order chi connectivity index (χ0) is 20.5. The van der Waals surface area contributed by atoms with E-state index in [0.717, 1.165) is 24.7 Å². The van der Waals surface area contributed by atoms with Gasteiger partial charge in [0.05, 0.1) is 18.3 Å². The Morgan fingerprint density at radius 2 is 1.79 bits per heavy atom. The normalized spacial score (nSPS) is 46.4. The molecule has 3 saturated carbocycles. The largest absolute Gasteiger partial charge is 0.413 e. The van der Waals surface area contributed by atoms with Crippen LogP contribution in [0.2, 0.25) is 18.1 Å². The highest BCUT2D eigenvalue weighted by Crippen LogP contribution is 2.63.